The fraction of sp³-hybridized carbons (Fsp3) is 0.381. The molecule has 1 N–H and O–H groups in total. The number of carbonyl (C=O) groups excluding carboxylic acids is 1. The molecule has 0 saturated heterocycles. The Hall–Kier alpha value is -2.94. The number of anilines is 2. The molecule has 0 aromatic heterocycles. The van der Waals surface area contributed by atoms with E-state index in [0.29, 0.717) is 34.2 Å². The number of benzene rings is 2. The highest BCUT2D eigenvalue weighted by atomic mass is 32.2. The van der Waals surface area contributed by atoms with Gasteiger partial charge in [0.2, 0.25) is 15.9 Å². The van der Waals surface area contributed by atoms with Crippen LogP contribution in [0.25, 0.3) is 0 Å². The highest BCUT2D eigenvalue weighted by Crippen LogP contribution is 2.37. The molecule has 0 saturated carbocycles. The van der Waals surface area contributed by atoms with Crippen LogP contribution in [0.5, 0.6) is 17.2 Å². The summed E-state index contributed by atoms with van der Waals surface area (Å²) in [4.78, 5) is 14.1. The van der Waals surface area contributed by atoms with E-state index in [9.17, 15) is 13.2 Å². The molecule has 0 unspecified atom stereocenters. The molecule has 2 aromatic carbocycles. The van der Waals surface area contributed by atoms with Crippen molar-refractivity contribution in [2.75, 3.05) is 37.5 Å². The Bertz CT molecular complexity index is 1070. The van der Waals surface area contributed by atoms with Gasteiger partial charge in [-0.1, -0.05) is 6.07 Å². The van der Waals surface area contributed by atoms with Gasteiger partial charge in [-0.05, 0) is 43.7 Å². The molecule has 1 amide bonds. The molecule has 0 fully saturated rings. The highest BCUT2D eigenvalue weighted by molar-refractivity contribution is 7.91. The molecule has 1 heterocycles. The Labute approximate surface area is 176 Å². The van der Waals surface area contributed by atoms with Crippen molar-refractivity contribution in [2.24, 2.45) is 5.41 Å². The van der Waals surface area contributed by atoms with Crippen LogP contribution in [0.15, 0.2) is 36.4 Å². The van der Waals surface area contributed by atoms with Gasteiger partial charge in [-0.2, -0.15) is 0 Å². The molecule has 8 nitrogen and oxygen atoms in total. The number of carbonyl (C=O) groups is 1. The molecular weight excluding hydrogens is 408 g/mol. The van der Waals surface area contributed by atoms with Gasteiger partial charge in [0.1, 0.15) is 12.4 Å². The summed E-state index contributed by atoms with van der Waals surface area (Å²) in [6.45, 7) is 3.82. The van der Waals surface area contributed by atoms with Crippen LogP contribution in [0.2, 0.25) is 0 Å². The number of nitrogens with zero attached hydrogens (tertiary/aromatic N) is 1. The predicted octanol–water partition coefficient (Wildman–Crippen LogP) is 3.03. The van der Waals surface area contributed by atoms with Crippen molar-refractivity contribution in [1.29, 1.82) is 0 Å². The first-order valence-electron chi connectivity index (χ1n) is 9.33. The van der Waals surface area contributed by atoms with Gasteiger partial charge in [-0.25, -0.2) is 8.42 Å². The van der Waals surface area contributed by atoms with E-state index in [-0.39, 0.29) is 18.3 Å². The van der Waals surface area contributed by atoms with E-state index in [1.54, 1.807) is 43.4 Å². The number of methoxy groups -OCH3 is 2. The number of hydrogen-bond acceptors (Lipinski definition) is 6. The van der Waals surface area contributed by atoms with Crippen LogP contribution in [0.4, 0.5) is 11.4 Å². The van der Waals surface area contributed by atoms with Gasteiger partial charge in [0.25, 0.3) is 0 Å². The summed E-state index contributed by atoms with van der Waals surface area (Å²) in [5.74, 6) is 1.12. The Kier molecular flexibility index (Phi) is 5.85. The van der Waals surface area contributed by atoms with E-state index < -0.39 is 15.4 Å². The van der Waals surface area contributed by atoms with E-state index in [1.165, 1.54) is 19.1 Å². The zero-order valence-electron chi connectivity index (χ0n) is 17.7. The lowest BCUT2D eigenvalue weighted by atomic mass is 9.93. The van der Waals surface area contributed by atoms with Gasteiger partial charge in [-0.3, -0.25) is 9.52 Å². The third kappa shape index (κ3) is 4.46. The van der Waals surface area contributed by atoms with Crippen molar-refractivity contribution in [3.8, 4) is 17.2 Å². The largest absolute Gasteiger partial charge is 0.493 e. The van der Waals surface area contributed by atoms with Crippen molar-refractivity contribution in [3.05, 3.63) is 42.0 Å². The minimum atomic E-state index is -3.70. The molecule has 0 radical (unpaired) electrons. The second-order valence-electron chi connectivity index (χ2n) is 7.77. The average Bonchev–Trinajstić information content (AvgIpc) is 2.77. The third-order valence-corrected chi connectivity index (χ3v) is 6.13. The van der Waals surface area contributed by atoms with Crippen LogP contribution >= 0.6 is 0 Å². The number of nitrogens with one attached hydrogen (secondary N) is 1. The summed E-state index contributed by atoms with van der Waals surface area (Å²) < 4.78 is 44.2. The van der Waals surface area contributed by atoms with E-state index in [1.807, 2.05) is 13.8 Å². The normalized spacial score (nSPS) is 15.6. The fourth-order valence-electron chi connectivity index (χ4n) is 3.26. The van der Waals surface area contributed by atoms with Gasteiger partial charge in [0.15, 0.2) is 11.5 Å². The monoisotopic (exact) mass is 434 g/mol. The number of rotatable bonds is 6. The van der Waals surface area contributed by atoms with Crippen LogP contribution in [-0.4, -0.2) is 42.2 Å². The smallest absolute Gasteiger partial charge is 0.236 e. The van der Waals surface area contributed by atoms with E-state index >= 15 is 0 Å². The van der Waals surface area contributed by atoms with Gasteiger partial charge in [0, 0.05) is 13.1 Å². The van der Waals surface area contributed by atoms with E-state index in [4.69, 9.17) is 14.2 Å². The molecule has 30 heavy (non-hydrogen) atoms. The minimum absolute atomic E-state index is 0.0666. The molecule has 9 heteroatoms. The van der Waals surface area contributed by atoms with Crippen LogP contribution < -0.4 is 23.8 Å². The molecule has 1 aliphatic rings. The molecule has 162 valence electrons. The summed E-state index contributed by atoms with van der Waals surface area (Å²) in [6, 6.07) is 9.82. The molecule has 1 aliphatic heterocycles. The van der Waals surface area contributed by atoms with E-state index in [0.717, 1.165) is 0 Å². The maximum Gasteiger partial charge on any atom is 0.236 e. The Morgan fingerprint density at radius 3 is 2.47 bits per heavy atom. The zero-order valence-corrected chi connectivity index (χ0v) is 18.5. The first-order valence-corrected chi connectivity index (χ1v) is 11.0. The van der Waals surface area contributed by atoms with E-state index in [2.05, 4.69) is 4.72 Å². The standard InChI is InChI=1S/C21H26N2O6S/c1-21(2)13-29-18-11-15(7-8-16(18)23(3)20(21)24)22-30(25,26)12-14-6-9-17(27-4)19(10-14)28-5/h6-11,22H,12-13H2,1-5H3. The van der Waals surface area contributed by atoms with Crippen molar-refractivity contribution in [1.82, 2.24) is 0 Å². The average molecular weight is 435 g/mol. The lowest BCUT2D eigenvalue weighted by Crippen LogP contribution is -2.39. The van der Waals surface area contributed by atoms with Crippen LogP contribution in [0.1, 0.15) is 19.4 Å². The summed E-state index contributed by atoms with van der Waals surface area (Å²) in [6.07, 6.45) is 0. The summed E-state index contributed by atoms with van der Waals surface area (Å²) >= 11 is 0. The van der Waals surface area contributed by atoms with Gasteiger partial charge >= 0.3 is 0 Å². The summed E-state index contributed by atoms with van der Waals surface area (Å²) in [5.41, 5.74) is 0.822. The summed E-state index contributed by atoms with van der Waals surface area (Å²) in [7, 11) is 0.991. The van der Waals surface area contributed by atoms with Gasteiger partial charge < -0.3 is 19.1 Å². The van der Waals surface area contributed by atoms with Gasteiger partial charge in [0.05, 0.1) is 36.8 Å². The van der Waals surface area contributed by atoms with Crippen LogP contribution in [0, 0.1) is 5.41 Å². The molecule has 2 aromatic rings. The molecule has 3 rings (SSSR count). The van der Waals surface area contributed by atoms with Crippen LogP contribution in [0.3, 0.4) is 0 Å². The molecular formula is C21H26N2O6S. The first kappa shape index (κ1) is 21.8. The van der Waals surface area contributed by atoms with Crippen molar-refractivity contribution < 1.29 is 27.4 Å². The molecule has 0 bridgehead atoms. The summed E-state index contributed by atoms with van der Waals surface area (Å²) in [5, 5.41) is 0. The number of ether oxygens (including phenoxy) is 3. The number of fused-ring (bicyclic) bond motifs is 1. The quantitative estimate of drug-likeness (QED) is 0.751. The second-order valence-corrected chi connectivity index (χ2v) is 9.49. The van der Waals surface area contributed by atoms with Crippen molar-refractivity contribution in [2.45, 2.75) is 19.6 Å². The first-order chi connectivity index (χ1) is 14.1. The Morgan fingerprint density at radius 2 is 1.80 bits per heavy atom. The maximum atomic E-state index is 12.7. The van der Waals surface area contributed by atoms with Gasteiger partial charge in [-0.15, -0.1) is 0 Å². The van der Waals surface area contributed by atoms with Crippen molar-refractivity contribution in [3.63, 3.8) is 0 Å². The Balaban J connectivity index is 1.81. The van der Waals surface area contributed by atoms with Crippen molar-refractivity contribution >= 4 is 27.3 Å². The topological polar surface area (TPSA) is 94.2 Å². The predicted molar refractivity (Wildman–Crippen MR) is 115 cm³/mol. The van der Waals surface area contributed by atoms with Crippen LogP contribution in [-0.2, 0) is 20.6 Å². The SMILES string of the molecule is COc1ccc(CS(=O)(=O)Nc2ccc3c(c2)OCC(C)(C)C(=O)N3C)cc1OC. The maximum absolute atomic E-state index is 12.7. The second kappa shape index (κ2) is 8.06. The number of amides is 1. The lowest BCUT2D eigenvalue weighted by Gasteiger charge is -2.24. The highest BCUT2D eigenvalue weighted by Gasteiger charge is 2.36. The fourth-order valence-corrected chi connectivity index (χ4v) is 4.44. The molecule has 0 spiro atoms. The number of sulfonamides is 1. The third-order valence-electron chi connectivity index (χ3n) is 4.87. The molecule has 0 aliphatic carbocycles. The zero-order chi connectivity index (χ0) is 22.1. The lowest BCUT2D eigenvalue weighted by molar-refractivity contribution is -0.127. The molecule has 0 atom stereocenters. The number of hydrogen-bond donors (Lipinski definition) is 1. The Morgan fingerprint density at radius 1 is 1.10 bits per heavy atom. The minimum Gasteiger partial charge on any atom is -0.493 e.